The zero-order valence-corrected chi connectivity index (χ0v) is 8.29. The van der Waals surface area contributed by atoms with Gasteiger partial charge in [0.05, 0.1) is 0 Å². The topological polar surface area (TPSA) is 113 Å². The van der Waals surface area contributed by atoms with E-state index in [1.54, 1.807) is 0 Å². The minimum Gasteiger partial charge on any atom is -1.00 e. The van der Waals surface area contributed by atoms with E-state index in [0.29, 0.717) is 0 Å². The number of hydrogen-bond acceptors (Lipinski definition) is 3. The number of rotatable bonds is 1. The Kier molecular flexibility index (Phi) is 4.29. The van der Waals surface area contributed by atoms with Gasteiger partial charge >= 0.3 is 49.8 Å². The summed E-state index contributed by atoms with van der Waals surface area (Å²) < 4.78 is 0. The van der Waals surface area contributed by atoms with Crippen LogP contribution in [0.25, 0.3) is 0 Å². The van der Waals surface area contributed by atoms with Gasteiger partial charge in [0.15, 0.2) is 6.17 Å². The summed E-state index contributed by atoms with van der Waals surface area (Å²) in [5.74, 6) is -0.617. The molecule has 5 amide bonds. The Morgan fingerprint density at radius 3 is 2.50 bits per heavy atom. The number of nitrogens with two attached hydrogens (primary N) is 1. The maximum atomic E-state index is 10.7. The minimum atomic E-state index is -1.04. The van der Waals surface area contributed by atoms with Gasteiger partial charge in [-0.05, 0) is 0 Å². The van der Waals surface area contributed by atoms with Gasteiger partial charge < -0.3 is 19.2 Å². The second-order valence-electron chi connectivity index (χ2n) is 1.90. The van der Waals surface area contributed by atoms with Crippen molar-refractivity contribution in [2.24, 2.45) is 5.73 Å². The Morgan fingerprint density at radius 2 is 2.17 bits per heavy atom. The zero-order chi connectivity index (χ0) is 8.43. The van der Waals surface area contributed by atoms with Gasteiger partial charge in [-0.25, -0.2) is 9.59 Å². The summed E-state index contributed by atoms with van der Waals surface area (Å²) in [4.78, 5) is 31.3. The van der Waals surface area contributed by atoms with Crippen LogP contribution in [0.3, 0.4) is 0 Å². The van der Waals surface area contributed by atoms with Crippen LogP contribution in [-0.2, 0) is 4.79 Å². The Hall–Kier alpha value is -0.530. The molecular formula is C4H8CaN4O3. The third-order valence-electron chi connectivity index (χ3n) is 1.06. The van der Waals surface area contributed by atoms with E-state index in [2.05, 4.69) is 5.32 Å². The van der Waals surface area contributed by atoms with E-state index in [4.69, 9.17) is 5.73 Å². The van der Waals surface area contributed by atoms with Gasteiger partial charge in [-0.1, -0.05) is 0 Å². The third-order valence-corrected chi connectivity index (χ3v) is 1.06. The van der Waals surface area contributed by atoms with Crippen molar-refractivity contribution in [3.05, 3.63) is 0 Å². The molecule has 0 radical (unpaired) electrons. The standard InChI is InChI=1S/C4H6N4O3.Ca.2H/c5-3(10)6-1-2(9)8-4(11)7-1;;;/h1H,(H3,5,6,10)(H2,7,8,9,11);;;/q;+2;2*-1. The molecule has 0 spiro atoms. The summed E-state index contributed by atoms with van der Waals surface area (Å²) in [7, 11) is 0. The van der Waals surface area contributed by atoms with Crippen LogP contribution in [-0.4, -0.2) is 61.9 Å². The molecule has 0 aliphatic carbocycles. The van der Waals surface area contributed by atoms with Crippen molar-refractivity contribution in [2.75, 3.05) is 0 Å². The first-order chi connectivity index (χ1) is 5.09. The van der Waals surface area contributed by atoms with Crippen molar-refractivity contribution in [3.63, 3.8) is 0 Å². The Bertz CT molecular complexity index is 239. The molecule has 5 N–H and O–H groups in total. The monoisotopic (exact) mass is 200 g/mol. The maximum absolute atomic E-state index is 10.7. The van der Waals surface area contributed by atoms with Crippen molar-refractivity contribution < 1.29 is 17.2 Å². The van der Waals surface area contributed by atoms with Crippen molar-refractivity contribution in [3.8, 4) is 0 Å². The molecule has 7 nitrogen and oxygen atoms in total. The quantitative estimate of drug-likeness (QED) is 0.281. The Morgan fingerprint density at radius 1 is 1.58 bits per heavy atom. The fourth-order valence-electron chi connectivity index (χ4n) is 0.661. The smallest absolute Gasteiger partial charge is 1.00 e. The normalized spacial score (nSPS) is 20.5. The average Bonchev–Trinajstić information content (AvgIpc) is 2.09. The molecule has 0 aromatic carbocycles. The van der Waals surface area contributed by atoms with E-state index < -0.39 is 24.1 Å². The predicted octanol–water partition coefficient (Wildman–Crippen LogP) is -2.34. The number of imide groups is 1. The van der Waals surface area contributed by atoms with Crippen molar-refractivity contribution >= 4 is 55.7 Å². The maximum Gasteiger partial charge on any atom is 2.00 e. The molecule has 1 atom stereocenters. The van der Waals surface area contributed by atoms with Gasteiger partial charge in [-0.15, -0.1) is 0 Å². The van der Waals surface area contributed by atoms with E-state index >= 15 is 0 Å². The van der Waals surface area contributed by atoms with Gasteiger partial charge in [-0.3, -0.25) is 10.1 Å². The summed E-state index contributed by atoms with van der Waals surface area (Å²) in [5, 5.41) is 6.05. The van der Waals surface area contributed by atoms with Crippen LogP contribution in [0.5, 0.6) is 0 Å². The Balaban J connectivity index is -0.000000403. The van der Waals surface area contributed by atoms with Crippen LogP contribution in [0.15, 0.2) is 0 Å². The molecule has 1 saturated heterocycles. The van der Waals surface area contributed by atoms with Gasteiger partial charge in [-0.2, -0.15) is 0 Å². The van der Waals surface area contributed by atoms with Gasteiger partial charge in [0.1, 0.15) is 0 Å². The van der Waals surface area contributed by atoms with E-state index in [1.807, 2.05) is 10.6 Å². The first kappa shape index (κ1) is 11.5. The molecule has 1 unspecified atom stereocenters. The number of urea groups is 2. The molecule has 0 aromatic heterocycles. The van der Waals surface area contributed by atoms with E-state index in [0.717, 1.165) is 0 Å². The summed E-state index contributed by atoms with van der Waals surface area (Å²) in [6, 6.07) is -1.51. The van der Waals surface area contributed by atoms with Crippen LogP contribution in [0.4, 0.5) is 9.59 Å². The van der Waals surface area contributed by atoms with Gasteiger partial charge in [0.25, 0.3) is 5.91 Å². The fraction of sp³-hybridized carbons (Fsp3) is 0.250. The van der Waals surface area contributed by atoms with Crippen LogP contribution in [0.2, 0.25) is 0 Å². The van der Waals surface area contributed by atoms with Crippen LogP contribution >= 0.6 is 0 Å². The molecular weight excluding hydrogens is 192 g/mol. The molecule has 0 bridgehead atoms. The molecule has 1 heterocycles. The predicted molar refractivity (Wildman–Crippen MR) is 41.2 cm³/mol. The molecule has 1 fully saturated rings. The summed E-state index contributed by atoms with van der Waals surface area (Å²) in [5.41, 5.74) is 4.70. The number of nitrogens with one attached hydrogen (secondary N) is 3. The van der Waals surface area contributed by atoms with Crippen molar-refractivity contribution in [1.29, 1.82) is 0 Å². The van der Waals surface area contributed by atoms with Crippen LogP contribution in [0, 0.1) is 0 Å². The third kappa shape index (κ3) is 2.84. The molecule has 1 rings (SSSR count). The number of amides is 5. The van der Waals surface area contributed by atoms with E-state index in [-0.39, 0.29) is 40.6 Å². The van der Waals surface area contributed by atoms with Gasteiger partial charge in [0, 0.05) is 0 Å². The second kappa shape index (κ2) is 4.48. The SMILES string of the molecule is NC(=O)NC1NC(=O)NC1=O.[Ca+2].[H-].[H-]. The number of carbonyl (C=O) groups excluding carboxylic acids is 3. The molecule has 0 aromatic rings. The van der Waals surface area contributed by atoms with Crippen LogP contribution < -0.4 is 21.7 Å². The minimum absolute atomic E-state index is 0. The molecule has 12 heavy (non-hydrogen) atoms. The number of primary amides is 1. The number of carbonyl (C=O) groups is 3. The van der Waals surface area contributed by atoms with E-state index in [1.165, 1.54) is 0 Å². The molecule has 0 saturated carbocycles. The zero-order valence-electron chi connectivity index (χ0n) is 8.09. The van der Waals surface area contributed by atoms with Crippen LogP contribution in [0.1, 0.15) is 2.85 Å². The summed E-state index contributed by atoms with van der Waals surface area (Å²) >= 11 is 0. The summed E-state index contributed by atoms with van der Waals surface area (Å²) in [6.45, 7) is 0. The fourth-order valence-corrected chi connectivity index (χ4v) is 0.661. The molecule has 1 aliphatic heterocycles. The average molecular weight is 200 g/mol. The summed E-state index contributed by atoms with van der Waals surface area (Å²) in [6.07, 6.45) is -1.04. The first-order valence-corrected chi connectivity index (χ1v) is 2.77. The van der Waals surface area contributed by atoms with Crippen molar-refractivity contribution in [2.45, 2.75) is 6.17 Å². The van der Waals surface area contributed by atoms with Gasteiger partial charge in [0.2, 0.25) is 0 Å². The van der Waals surface area contributed by atoms with Crippen molar-refractivity contribution in [1.82, 2.24) is 16.0 Å². The molecule has 1 aliphatic rings. The number of hydrogen-bond donors (Lipinski definition) is 4. The van der Waals surface area contributed by atoms with E-state index in [9.17, 15) is 14.4 Å². The molecule has 8 heteroatoms. The first-order valence-electron chi connectivity index (χ1n) is 2.77. The molecule has 64 valence electrons. The second-order valence-corrected chi connectivity index (χ2v) is 1.90. The Labute approximate surface area is 100 Å². The largest absolute Gasteiger partial charge is 2.00 e.